The van der Waals surface area contributed by atoms with Gasteiger partial charge in [0.2, 0.25) is 10.0 Å². The predicted octanol–water partition coefficient (Wildman–Crippen LogP) is 1.73. The van der Waals surface area contributed by atoms with Crippen molar-refractivity contribution in [2.45, 2.75) is 24.3 Å². The fourth-order valence-corrected chi connectivity index (χ4v) is 4.25. The highest BCUT2D eigenvalue weighted by Gasteiger charge is 2.25. The summed E-state index contributed by atoms with van der Waals surface area (Å²) < 4.78 is 27.6. The SMILES string of the molecule is CSCC(C)(O)CNS(=O)(=O)c1cc(N)c(Br)cc1C. The van der Waals surface area contributed by atoms with Gasteiger partial charge in [-0.05, 0) is 53.7 Å². The van der Waals surface area contributed by atoms with Crippen molar-refractivity contribution < 1.29 is 13.5 Å². The Kier molecular flexibility index (Phi) is 5.91. The van der Waals surface area contributed by atoms with Gasteiger partial charge in [-0.2, -0.15) is 11.8 Å². The Labute approximate surface area is 132 Å². The second-order valence-electron chi connectivity index (χ2n) is 4.89. The zero-order valence-corrected chi connectivity index (χ0v) is 14.8. The van der Waals surface area contributed by atoms with Crippen LogP contribution in [0.3, 0.4) is 0 Å². The number of thioether (sulfide) groups is 1. The van der Waals surface area contributed by atoms with E-state index < -0.39 is 15.6 Å². The number of benzene rings is 1. The molecule has 0 radical (unpaired) electrons. The lowest BCUT2D eigenvalue weighted by Gasteiger charge is -2.22. The van der Waals surface area contributed by atoms with Crippen LogP contribution in [0.5, 0.6) is 0 Å². The van der Waals surface area contributed by atoms with E-state index in [-0.39, 0.29) is 11.4 Å². The highest BCUT2D eigenvalue weighted by atomic mass is 79.9. The van der Waals surface area contributed by atoms with Crippen molar-refractivity contribution in [3.63, 3.8) is 0 Å². The molecule has 4 N–H and O–H groups in total. The van der Waals surface area contributed by atoms with Crippen LogP contribution in [0.2, 0.25) is 0 Å². The number of hydrogen-bond donors (Lipinski definition) is 3. The quantitative estimate of drug-likeness (QED) is 0.651. The second kappa shape index (κ2) is 6.65. The van der Waals surface area contributed by atoms with Crippen LogP contribution in [0.1, 0.15) is 12.5 Å². The van der Waals surface area contributed by atoms with Crippen molar-refractivity contribution in [2.75, 3.05) is 24.3 Å². The van der Waals surface area contributed by atoms with E-state index in [0.29, 0.717) is 21.5 Å². The van der Waals surface area contributed by atoms with E-state index in [2.05, 4.69) is 20.7 Å². The van der Waals surface area contributed by atoms with Gasteiger partial charge in [0, 0.05) is 22.5 Å². The predicted molar refractivity (Wildman–Crippen MR) is 87.5 cm³/mol. The van der Waals surface area contributed by atoms with Crippen LogP contribution < -0.4 is 10.5 Å². The minimum Gasteiger partial charge on any atom is -0.398 e. The molecule has 1 aromatic rings. The summed E-state index contributed by atoms with van der Waals surface area (Å²) in [6.07, 6.45) is 1.85. The first-order valence-electron chi connectivity index (χ1n) is 5.86. The first-order valence-corrected chi connectivity index (χ1v) is 9.53. The lowest BCUT2D eigenvalue weighted by Crippen LogP contribution is -2.42. The lowest BCUT2D eigenvalue weighted by molar-refractivity contribution is 0.0908. The molecule has 1 rings (SSSR count). The average Bonchev–Trinajstić information content (AvgIpc) is 2.31. The Balaban J connectivity index is 2.98. The molecule has 114 valence electrons. The summed E-state index contributed by atoms with van der Waals surface area (Å²) in [5.74, 6) is 0.441. The monoisotopic (exact) mass is 382 g/mol. The van der Waals surface area contributed by atoms with E-state index in [4.69, 9.17) is 5.73 Å². The van der Waals surface area contributed by atoms with E-state index in [0.717, 1.165) is 0 Å². The fourth-order valence-electron chi connectivity index (χ4n) is 1.65. The van der Waals surface area contributed by atoms with Gasteiger partial charge in [-0.25, -0.2) is 13.1 Å². The summed E-state index contributed by atoms with van der Waals surface area (Å²) >= 11 is 4.71. The molecular weight excluding hydrogens is 364 g/mol. The largest absolute Gasteiger partial charge is 0.398 e. The molecule has 0 saturated carbocycles. The number of sulfonamides is 1. The molecule has 0 aromatic heterocycles. The van der Waals surface area contributed by atoms with Crippen LogP contribution in [-0.2, 0) is 10.0 Å². The maximum absolute atomic E-state index is 12.3. The molecular formula is C12H19BrN2O3S2. The number of halogens is 1. The van der Waals surface area contributed by atoms with Crippen molar-refractivity contribution in [1.29, 1.82) is 0 Å². The second-order valence-corrected chi connectivity index (χ2v) is 8.35. The molecule has 0 amide bonds. The highest BCUT2D eigenvalue weighted by molar-refractivity contribution is 9.10. The third kappa shape index (κ3) is 4.63. The molecule has 0 bridgehead atoms. The zero-order valence-electron chi connectivity index (χ0n) is 11.6. The van der Waals surface area contributed by atoms with Gasteiger partial charge in [-0.1, -0.05) is 0 Å². The number of anilines is 1. The Hall–Kier alpha value is -0.280. The van der Waals surface area contributed by atoms with Gasteiger partial charge in [0.25, 0.3) is 0 Å². The third-order valence-corrected chi connectivity index (χ3v) is 5.82. The van der Waals surface area contributed by atoms with Gasteiger partial charge in [-0.15, -0.1) is 0 Å². The minimum atomic E-state index is -3.70. The number of aryl methyl sites for hydroxylation is 1. The van der Waals surface area contributed by atoms with Crippen molar-refractivity contribution in [3.05, 3.63) is 22.2 Å². The number of rotatable bonds is 6. The molecule has 20 heavy (non-hydrogen) atoms. The normalized spacial score (nSPS) is 15.1. The molecule has 1 atom stereocenters. The van der Waals surface area contributed by atoms with Gasteiger partial charge in [0.15, 0.2) is 0 Å². The fraction of sp³-hybridized carbons (Fsp3) is 0.500. The van der Waals surface area contributed by atoms with Gasteiger partial charge in [-0.3, -0.25) is 0 Å². The van der Waals surface area contributed by atoms with Gasteiger partial charge in [0.1, 0.15) is 0 Å². The van der Waals surface area contributed by atoms with Crippen LogP contribution in [-0.4, -0.2) is 37.7 Å². The number of nitrogens with two attached hydrogens (primary N) is 1. The summed E-state index contributed by atoms with van der Waals surface area (Å²) in [6.45, 7) is 3.24. The summed E-state index contributed by atoms with van der Waals surface area (Å²) in [5.41, 5.74) is 5.57. The Morgan fingerprint density at radius 3 is 2.65 bits per heavy atom. The summed E-state index contributed by atoms with van der Waals surface area (Å²) in [6, 6.07) is 3.06. The molecule has 0 saturated heterocycles. The summed E-state index contributed by atoms with van der Waals surface area (Å²) in [4.78, 5) is 0.123. The van der Waals surface area contributed by atoms with Crippen LogP contribution in [0, 0.1) is 6.92 Å². The molecule has 0 heterocycles. The molecule has 8 heteroatoms. The maximum Gasteiger partial charge on any atom is 0.241 e. The lowest BCUT2D eigenvalue weighted by atomic mass is 10.1. The summed E-state index contributed by atoms with van der Waals surface area (Å²) in [7, 11) is -3.70. The molecule has 0 aliphatic carbocycles. The molecule has 0 spiro atoms. The van der Waals surface area contributed by atoms with Gasteiger partial charge < -0.3 is 10.8 Å². The van der Waals surface area contributed by atoms with Crippen molar-refractivity contribution >= 4 is 43.4 Å². The molecule has 1 unspecified atom stereocenters. The topological polar surface area (TPSA) is 92.4 Å². The first kappa shape index (κ1) is 17.8. The maximum atomic E-state index is 12.3. The number of nitrogens with one attached hydrogen (secondary N) is 1. The Bertz CT molecular complexity index is 589. The number of nitrogen functional groups attached to an aromatic ring is 1. The minimum absolute atomic E-state index is 0.0500. The first-order chi connectivity index (χ1) is 9.09. The number of aliphatic hydroxyl groups is 1. The van der Waals surface area contributed by atoms with Crippen molar-refractivity contribution in [1.82, 2.24) is 4.72 Å². The van der Waals surface area contributed by atoms with E-state index in [9.17, 15) is 13.5 Å². The standard InChI is InChI=1S/C12H19BrN2O3S2/c1-8-4-9(13)10(14)5-11(8)20(17,18)15-6-12(2,16)7-19-3/h4-5,15-16H,6-7,14H2,1-3H3. The van der Waals surface area contributed by atoms with E-state index in [1.807, 2.05) is 6.26 Å². The van der Waals surface area contributed by atoms with Crippen LogP contribution in [0.25, 0.3) is 0 Å². The molecule has 0 fully saturated rings. The Morgan fingerprint density at radius 1 is 1.50 bits per heavy atom. The van der Waals surface area contributed by atoms with Crippen LogP contribution >= 0.6 is 27.7 Å². The van der Waals surface area contributed by atoms with E-state index in [1.165, 1.54) is 17.8 Å². The van der Waals surface area contributed by atoms with Crippen molar-refractivity contribution in [2.24, 2.45) is 0 Å². The molecule has 5 nitrogen and oxygen atoms in total. The van der Waals surface area contributed by atoms with E-state index in [1.54, 1.807) is 19.9 Å². The average molecular weight is 383 g/mol. The smallest absolute Gasteiger partial charge is 0.241 e. The van der Waals surface area contributed by atoms with Crippen molar-refractivity contribution in [3.8, 4) is 0 Å². The van der Waals surface area contributed by atoms with E-state index >= 15 is 0 Å². The zero-order chi connectivity index (χ0) is 15.6. The molecule has 0 aliphatic heterocycles. The molecule has 0 aliphatic rings. The third-order valence-electron chi connectivity index (χ3n) is 2.68. The summed E-state index contributed by atoms with van der Waals surface area (Å²) in [5, 5.41) is 10.0. The van der Waals surface area contributed by atoms with Crippen LogP contribution in [0.15, 0.2) is 21.5 Å². The molecule has 1 aromatic carbocycles. The van der Waals surface area contributed by atoms with Crippen LogP contribution in [0.4, 0.5) is 5.69 Å². The number of hydrogen-bond acceptors (Lipinski definition) is 5. The van der Waals surface area contributed by atoms with Gasteiger partial charge >= 0.3 is 0 Å². The van der Waals surface area contributed by atoms with Gasteiger partial charge in [0.05, 0.1) is 10.5 Å². The highest BCUT2D eigenvalue weighted by Crippen LogP contribution is 2.26. The Morgan fingerprint density at radius 2 is 2.10 bits per heavy atom.